The highest BCUT2D eigenvalue weighted by Gasteiger charge is 2.28. The molecule has 2 unspecified atom stereocenters. The fourth-order valence-electron chi connectivity index (χ4n) is 3.06. The lowest BCUT2D eigenvalue weighted by molar-refractivity contribution is 0.0250. The van der Waals surface area contributed by atoms with Crippen molar-refractivity contribution in [1.29, 1.82) is 0 Å². The molecule has 0 saturated carbocycles. The first kappa shape index (κ1) is 14.1. The number of nitrogens with zero attached hydrogens (tertiary/aromatic N) is 1. The number of aryl methyl sites for hydroxylation is 2. The molecule has 1 aromatic carbocycles. The number of rotatable bonds is 1. The molecule has 2 heterocycles. The number of likely N-dealkylation sites (tertiary alicyclic amines) is 1. The van der Waals surface area contributed by atoms with Crippen LogP contribution in [0.15, 0.2) is 18.2 Å². The summed E-state index contributed by atoms with van der Waals surface area (Å²) in [4.78, 5) is 17.9. The minimum absolute atomic E-state index is 0.00722. The zero-order chi connectivity index (χ0) is 15.1. The molecule has 1 amide bonds. The maximum atomic E-state index is 12.8. The number of aromatic nitrogens is 1. The number of hydrogen-bond acceptors (Lipinski definition) is 2. The van der Waals surface area contributed by atoms with Crippen molar-refractivity contribution < 1.29 is 9.90 Å². The maximum Gasteiger partial charge on any atom is 0.256 e. The van der Waals surface area contributed by atoms with Crippen LogP contribution in [-0.2, 0) is 0 Å². The third-order valence-corrected chi connectivity index (χ3v) is 4.78. The molecule has 2 aromatic rings. The molecule has 0 radical (unpaired) electrons. The minimum atomic E-state index is -0.422. The van der Waals surface area contributed by atoms with Crippen LogP contribution in [0.5, 0.6) is 0 Å². The third-order valence-electron chi connectivity index (χ3n) is 4.78. The Kier molecular flexibility index (Phi) is 3.49. The van der Waals surface area contributed by atoms with Gasteiger partial charge in [-0.25, -0.2) is 0 Å². The summed E-state index contributed by atoms with van der Waals surface area (Å²) in [5.74, 6) is 0.271. The van der Waals surface area contributed by atoms with Crippen molar-refractivity contribution >= 4 is 16.8 Å². The summed E-state index contributed by atoms with van der Waals surface area (Å²) in [6.45, 7) is 7.26. The minimum Gasteiger partial charge on any atom is -0.391 e. The number of fused-ring (bicyclic) bond motifs is 1. The first-order valence-electron chi connectivity index (χ1n) is 7.54. The van der Waals surface area contributed by atoms with Gasteiger partial charge in [0, 0.05) is 24.2 Å². The van der Waals surface area contributed by atoms with Gasteiger partial charge in [-0.1, -0.05) is 19.1 Å². The van der Waals surface area contributed by atoms with Crippen LogP contribution in [0, 0.1) is 19.8 Å². The summed E-state index contributed by atoms with van der Waals surface area (Å²) >= 11 is 0. The number of piperidine rings is 1. The van der Waals surface area contributed by atoms with Crippen molar-refractivity contribution in [3.05, 3.63) is 35.0 Å². The molecule has 3 rings (SSSR count). The quantitative estimate of drug-likeness (QED) is 0.846. The van der Waals surface area contributed by atoms with Crippen molar-refractivity contribution in [3.8, 4) is 0 Å². The Labute approximate surface area is 124 Å². The zero-order valence-electron chi connectivity index (χ0n) is 12.8. The van der Waals surface area contributed by atoms with Gasteiger partial charge in [-0.3, -0.25) is 4.79 Å². The second-order valence-corrected chi connectivity index (χ2v) is 6.19. The van der Waals surface area contributed by atoms with Gasteiger partial charge >= 0.3 is 0 Å². The van der Waals surface area contributed by atoms with E-state index in [1.54, 1.807) is 4.90 Å². The molecule has 1 saturated heterocycles. The Morgan fingerprint density at radius 3 is 2.86 bits per heavy atom. The lowest BCUT2D eigenvalue weighted by Crippen LogP contribution is -2.45. The summed E-state index contributed by atoms with van der Waals surface area (Å²) in [5.41, 5.74) is 3.89. The number of amides is 1. The Hall–Kier alpha value is -1.81. The lowest BCUT2D eigenvalue weighted by atomic mass is 9.95. The number of hydrogen-bond donors (Lipinski definition) is 2. The van der Waals surface area contributed by atoms with Crippen molar-refractivity contribution in [2.75, 3.05) is 13.1 Å². The first-order chi connectivity index (χ1) is 9.99. The molecule has 1 aliphatic heterocycles. The van der Waals surface area contributed by atoms with E-state index in [9.17, 15) is 9.90 Å². The number of carbonyl (C=O) groups excluding carboxylic acids is 1. The van der Waals surface area contributed by atoms with E-state index in [4.69, 9.17) is 0 Å². The molecular formula is C17H22N2O2. The van der Waals surface area contributed by atoms with E-state index >= 15 is 0 Å². The Morgan fingerprint density at radius 2 is 2.14 bits per heavy atom. The highest BCUT2D eigenvalue weighted by molar-refractivity contribution is 6.06. The van der Waals surface area contributed by atoms with Gasteiger partial charge in [0.25, 0.3) is 5.91 Å². The molecule has 1 fully saturated rings. The molecule has 4 nitrogen and oxygen atoms in total. The molecule has 4 heteroatoms. The number of para-hydroxylation sites is 1. The SMILES string of the molecule is Cc1[nH]c2c(C(=O)N3CCC(C)C(O)C3)cccc2c1C. The number of benzene rings is 1. The van der Waals surface area contributed by atoms with Crippen LogP contribution in [0.4, 0.5) is 0 Å². The molecule has 21 heavy (non-hydrogen) atoms. The summed E-state index contributed by atoms with van der Waals surface area (Å²) in [6, 6.07) is 5.83. The predicted molar refractivity (Wildman–Crippen MR) is 83.5 cm³/mol. The van der Waals surface area contributed by atoms with Crippen LogP contribution in [0.1, 0.15) is 35.0 Å². The zero-order valence-corrected chi connectivity index (χ0v) is 12.8. The standard InChI is InChI=1S/C17H22N2O2/c1-10-7-8-19(9-15(10)20)17(21)14-6-4-5-13-11(2)12(3)18-16(13)14/h4-6,10,15,18,20H,7-9H2,1-3H3. The van der Waals surface area contributed by atoms with E-state index in [1.807, 2.05) is 32.0 Å². The van der Waals surface area contributed by atoms with Crippen molar-refractivity contribution in [2.45, 2.75) is 33.3 Å². The fourth-order valence-corrected chi connectivity index (χ4v) is 3.06. The highest BCUT2D eigenvalue weighted by Crippen LogP contribution is 2.26. The van der Waals surface area contributed by atoms with Crippen LogP contribution in [0.25, 0.3) is 10.9 Å². The van der Waals surface area contributed by atoms with Crippen LogP contribution in [0.3, 0.4) is 0 Å². The van der Waals surface area contributed by atoms with E-state index in [-0.39, 0.29) is 11.8 Å². The number of carbonyl (C=O) groups is 1. The van der Waals surface area contributed by atoms with Gasteiger partial charge in [-0.15, -0.1) is 0 Å². The number of aliphatic hydroxyl groups excluding tert-OH is 1. The van der Waals surface area contributed by atoms with E-state index in [1.165, 1.54) is 5.56 Å². The van der Waals surface area contributed by atoms with Gasteiger partial charge in [0.1, 0.15) is 0 Å². The maximum absolute atomic E-state index is 12.8. The van der Waals surface area contributed by atoms with E-state index in [0.717, 1.165) is 23.0 Å². The summed E-state index contributed by atoms with van der Waals surface area (Å²) < 4.78 is 0. The van der Waals surface area contributed by atoms with Crippen LogP contribution in [0.2, 0.25) is 0 Å². The van der Waals surface area contributed by atoms with Crippen LogP contribution < -0.4 is 0 Å². The number of aromatic amines is 1. The summed E-state index contributed by atoms with van der Waals surface area (Å²) in [6.07, 6.45) is 0.431. The highest BCUT2D eigenvalue weighted by atomic mass is 16.3. The van der Waals surface area contributed by atoms with Gasteiger partial charge in [0.2, 0.25) is 0 Å². The Bertz CT molecular complexity index is 689. The smallest absolute Gasteiger partial charge is 0.256 e. The summed E-state index contributed by atoms with van der Waals surface area (Å²) in [7, 11) is 0. The molecule has 0 aliphatic carbocycles. The van der Waals surface area contributed by atoms with Crippen molar-refractivity contribution in [2.24, 2.45) is 5.92 Å². The number of β-amino-alcohol motifs (C(OH)–C–C–N with tert-alkyl or cyclic N) is 1. The van der Waals surface area contributed by atoms with E-state index < -0.39 is 6.10 Å². The van der Waals surface area contributed by atoms with E-state index in [0.29, 0.717) is 18.7 Å². The van der Waals surface area contributed by atoms with Crippen LogP contribution in [-0.4, -0.2) is 40.1 Å². The van der Waals surface area contributed by atoms with Gasteiger partial charge in [0.15, 0.2) is 0 Å². The lowest BCUT2D eigenvalue weighted by Gasteiger charge is -2.34. The summed E-state index contributed by atoms with van der Waals surface area (Å²) in [5, 5.41) is 11.1. The largest absolute Gasteiger partial charge is 0.391 e. The van der Waals surface area contributed by atoms with E-state index in [2.05, 4.69) is 11.9 Å². The van der Waals surface area contributed by atoms with Gasteiger partial charge in [-0.05, 0) is 37.8 Å². The molecule has 2 N–H and O–H groups in total. The molecule has 0 spiro atoms. The normalized spacial score (nSPS) is 22.8. The molecule has 1 aliphatic rings. The van der Waals surface area contributed by atoms with Gasteiger partial charge in [0.05, 0.1) is 17.2 Å². The predicted octanol–water partition coefficient (Wildman–Crippen LogP) is 2.63. The number of nitrogens with one attached hydrogen (secondary N) is 1. The van der Waals surface area contributed by atoms with Crippen molar-refractivity contribution in [1.82, 2.24) is 9.88 Å². The third kappa shape index (κ3) is 2.33. The fraction of sp³-hybridized carbons (Fsp3) is 0.471. The average Bonchev–Trinajstić information content (AvgIpc) is 2.77. The second kappa shape index (κ2) is 5.19. The molecule has 1 aromatic heterocycles. The Morgan fingerprint density at radius 1 is 1.38 bits per heavy atom. The van der Waals surface area contributed by atoms with Gasteiger partial charge < -0.3 is 15.0 Å². The monoisotopic (exact) mass is 286 g/mol. The van der Waals surface area contributed by atoms with Gasteiger partial charge in [-0.2, -0.15) is 0 Å². The molecule has 0 bridgehead atoms. The first-order valence-corrected chi connectivity index (χ1v) is 7.54. The van der Waals surface area contributed by atoms with Crippen LogP contribution >= 0.6 is 0 Å². The van der Waals surface area contributed by atoms with Crippen molar-refractivity contribution in [3.63, 3.8) is 0 Å². The number of H-pyrrole nitrogens is 1. The topological polar surface area (TPSA) is 56.3 Å². The Balaban J connectivity index is 1.97. The average molecular weight is 286 g/mol. The number of aliphatic hydroxyl groups is 1. The molecular weight excluding hydrogens is 264 g/mol. The molecule has 112 valence electrons. The second-order valence-electron chi connectivity index (χ2n) is 6.19. The molecule has 2 atom stereocenters.